The van der Waals surface area contributed by atoms with E-state index in [0.29, 0.717) is 5.66 Å². The van der Waals surface area contributed by atoms with E-state index in [1.54, 1.807) is 6.20 Å². The van der Waals surface area contributed by atoms with Crippen molar-refractivity contribution in [3.05, 3.63) is 79.0 Å². The highest BCUT2D eigenvalue weighted by molar-refractivity contribution is 7.96. The predicted molar refractivity (Wildman–Crippen MR) is 95.9 cm³/mol. The molecule has 0 unspecified atom stereocenters. The molecule has 0 saturated carbocycles. The highest BCUT2D eigenvalue weighted by Crippen LogP contribution is 2.58. The van der Waals surface area contributed by atoms with Crippen LogP contribution in [0.2, 0.25) is 0 Å². The van der Waals surface area contributed by atoms with Crippen LogP contribution in [0.15, 0.2) is 79.0 Å². The first-order valence-electron chi connectivity index (χ1n) is 7.54. The Morgan fingerprint density at radius 2 is 1.27 bits per heavy atom. The highest BCUT2D eigenvalue weighted by Gasteiger charge is 2.50. The van der Waals surface area contributed by atoms with Crippen LogP contribution in [-0.2, 0) is 0 Å². The summed E-state index contributed by atoms with van der Waals surface area (Å²) in [5.41, 5.74) is 1.55. The fraction of sp³-hybridized carbons (Fsp3) is 0.158. The predicted octanol–water partition coefficient (Wildman–Crippen LogP) is 3.18. The lowest BCUT2D eigenvalue weighted by molar-refractivity contribution is 1.04. The van der Waals surface area contributed by atoms with Crippen molar-refractivity contribution < 1.29 is 0 Å². The molecule has 3 rings (SSSR count). The summed E-state index contributed by atoms with van der Waals surface area (Å²) in [6, 6.07) is 25.7. The van der Waals surface area contributed by atoms with Crippen molar-refractivity contribution in [2.45, 2.75) is 19.5 Å². The molecular weight excluding hydrogens is 287 g/mol. The van der Waals surface area contributed by atoms with Crippen molar-refractivity contribution in [3.63, 3.8) is 0 Å². The standard InChI is InChI=1S/C19H20N2P/c1-16(2)22(17-10-5-3-6-11-17,18-12-7-4-8-13-18)19-14-9-15-20-21-19/h3-16H,1-2H3/q+1. The minimum Gasteiger partial charge on any atom is -0.155 e. The van der Waals surface area contributed by atoms with Crippen LogP contribution >= 0.6 is 7.26 Å². The number of benzene rings is 2. The third-order valence-electron chi connectivity index (χ3n) is 4.02. The van der Waals surface area contributed by atoms with Crippen LogP contribution in [0.4, 0.5) is 0 Å². The van der Waals surface area contributed by atoms with Gasteiger partial charge in [-0.25, -0.2) is 0 Å². The second-order valence-corrected chi connectivity index (χ2v) is 9.54. The molecule has 2 aromatic carbocycles. The van der Waals surface area contributed by atoms with Gasteiger partial charge in [0.15, 0.2) is 0 Å². The summed E-state index contributed by atoms with van der Waals surface area (Å²) in [6.45, 7) is 4.59. The van der Waals surface area contributed by atoms with Crippen LogP contribution in [0.25, 0.3) is 0 Å². The van der Waals surface area contributed by atoms with Crippen LogP contribution in [0.3, 0.4) is 0 Å². The highest BCUT2D eigenvalue weighted by atomic mass is 31.2. The van der Waals surface area contributed by atoms with E-state index in [2.05, 4.69) is 90.8 Å². The van der Waals surface area contributed by atoms with Gasteiger partial charge in [0, 0.05) is 12.3 Å². The van der Waals surface area contributed by atoms with E-state index in [1.165, 1.54) is 10.6 Å². The van der Waals surface area contributed by atoms with E-state index >= 15 is 0 Å². The van der Waals surface area contributed by atoms with Crippen molar-refractivity contribution in [3.8, 4) is 0 Å². The second-order valence-electron chi connectivity index (χ2n) is 5.57. The monoisotopic (exact) mass is 307 g/mol. The van der Waals surface area contributed by atoms with E-state index in [-0.39, 0.29) is 0 Å². The van der Waals surface area contributed by atoms with E-state index in [4.69, 9.17) is 0 Å². The van der Waals surface area contributed by atoms with Gasteiger partial charge < -0.3 is 0 Å². The van der Waals surface area contributed by atoms with Crippen LogP contribution in [0.1, 0.15) is 13.8 Å². The molecule has 0 saturated heterocycles. The molecule has 0 aliphatic rings. The van der Waals surface area contributed by atoms with E-state index < -0.39 is 7.26 Å². The van der Waals surface area contributed by atoms with Crippen molar-refractivity contribution in [1.29, 1.82) is 0 Å². The SMILES string of the molecule is CC(C)[P+](c1ccccc1)(c1ccccc1)c1cccnn1. The molecule has 0 aliphatic carbocycles. The summed E-state index contributed by atoms with van der Waals surface area (Å²) in [6.07, 6.45) is 1.74. The Morgan fingerprint density at radius 1 is 0.727 bits per heavy atom. The Morgan fingerprint density at radius 3 is 1.68 bits per heavy atom. The zero-order valence-corrected chi connectivity index (χ0v) is 13.8. The zero-order valence-electron chi connectivity index (χ0n) is 12.9. The van der Waals surface area contributed by atoms with Gasteiger partial charge >= 0.3 is 0 Å². The minimum absolute atomic E-state index is 0.453. The number of aromatic nitrogens is 2. The maximum atomic E-state index is 4.52. The zero-order chi connectivity index (χ0) is 15.4. The molecule has 0 N–H and O–H groups in total. The third kappa shape index (κ3) is 2.44. The summed E-state index contributed by atoms with van der Waals surface area (Å²) in [5, 5.41) is 11.4. The molecule has 3 aromatic rings. The smallest absolute Gasteiger partial charge is 0.155 e. The van der Waals surface area contributed by atoms with Gasteiger partial charge in [-0.2, -0.15) is 5.10 Å². The molecule has 0 fully saturated rings. The summed E-state index contributed by atoms with van der Waals surface area (Å²) in [7, 11) is -1.80. The first-order valence-corrected chi connectivity index (χ1v) is 9.40. The van der Waals surface area contributed by atoms with Gasteiger partial charge in [0.25, 0.3) is 0 Å². The molecule has 0 aliphatic heterocycles. The molecular formula is C19H20N2P+. The molecule has 2 nitrogen and oxygen atoms in total. The average molecular weight is 307 g/mol. The Kier molecular flexibility index (Phi) is 4.31. The van der Waals surface area contributed by atoms with Crippen molar-refractivity contribution >= 4 is 23.3 Å². The molecule has 0 atom stereocenters. The third-order valence-corrected chi connectivity index (χ3v) is 8.76. The van der Waals surface area contributed by atoms with E-state index in [0.717, 1.165) is 5.44 Å². The first kappa shape index (κ1) is 14.9. The van der Waals surface area contributed by atoms with Crippen molar-refractivity contribution in [2.24, 2.45) is 0 Å². The van der Waals surface area contributed by atoms with Crippen LogP contribution in [0, 0.1) is 0 Å². The molecule has 0 radical (unpaired) electrons. The van der Waals surface area contributed by atoms with Gasteiger partial charge in [0.1, 0.15) is 17.9 Å². The topological polar surface area (TPSA) is 25.8 Å². The molecule has 1 aromatic heterocycles. The fourth-order valence-electron chi connectivity index (χ4n) is 3.08. The van der Waals surface area contributed by atoms with E-state index in [1.807, 2.05) is 6.07 Å². The Bertz CT molecular complexity index is 616. The van der Waals surface area contributed by atoms with Crippen LogP contribution in [-0.4, -0.2) is 15.9 Å². The Balaban J connectivity index is 2.34. The quantitative estimate of drug-likeness (QED) is 0.692. The molecule has 0 bridgehead atoms. The van der Waals surface area contributed by atoms with Gasteiger partial charge in [-0.15, -0.1) is 5.10 Å². The summed E-state index contributed by atoms with van der Waals surface area (Å²) in [5.74, 6) is 0. The maximum absolute atomic E-state index is 4.52. The summed E-state index contributed by atoms with van der Waals surface area (Å²) >= 11 is 0. The average Bonchev–Trinajstić information content (AvgIpc) is 2.58. The second kappa shape index (κ2) is 6.37. The largest absolute Gasteiger partial charge is 0.213 e. The molecule has 3 heteroatoms. The van der Waals surface area contributed by atoms with E-state index in [9.17, 15) is 0 Å². The number of nitrogens with zero attached hydrogens (tertiary/aromatic N) is 2. The minimum atomic E-state index is -1.80. The number of hydrogen-bond acceptors (Lipinski definition) is 2. The molecule has 0 amide bonds. The normalized spacial score (nSPS) is 11.6. The van der Waals surface area contributed by atoms with Gasteiger partial charge in [0.2, 0.25) is 5.44 Å². The molecule has 110 valence electrons. The maximum Gasteiger partial charge on any atom is 0.213 e. The molecule has 0 spiro atoms. The lowest BCUT2D eigenvalue weighted by Crippen LogP contribution is -2.38. The van der Waals surface area contributed by atoms with Crippen LogP contribution < -0.4 is 16.0 Å². The fourth-order valence-corrected chi connectivity index (χ4v) is 7.43. The Labute approximate surface area is 132 Å². The number of rotatable bonds is 4. The lowest BCUT2D eigenvalue weighted by atomic mass is 10.4. The van der Waals surface area contributed by atoms with Crippen molar-refractivity contribution in [2.75, 3.05) is 0 Å². The molecule has 22 heavy (non-hydrogen) atoms. The lowest BCUT2D eigenvalue weighted by Gasteiger charge is -2.29. The van der Waals surface area contributed by atoms with Gasteiger partial charge in [-0.3, -0.25) is 0 Å². The van der Waals surface area contributed by atoms with Gasteiger partial charge in [0.05, 0.1) is 5.66 Å². The molecule has 1 heterocycles. The van der Waals surface area contributed by atoms with Crippen LogP contribution in [0.5, 0.6) is 0 Å². The summed E-state index contributed by atoms with van der Waals surface area (Å²) in [4.78, 5) is 0. The van der Waals surface area contributed by atoms with Gasteiger partial charge in [-0.1, -0.05) is 36.4 Å². The summed E-state index contributed by atoms with van der Waals surface area (Å²) < 4.78 is 0. The first-order chi connectivity index (χ1) is 10.8. The van der Waals surface area contributed by atoms with Crippen molar-refractivity contribution in [1.82, 2.24) is 10.2 Å². The Hall–Kier alpha value is -2.05. The van der Waals surface area contributed by atoms with Gasteiger partial charge in [-0.05, 0) is 44.2 Å². The number of hydrogen-bond donors (Lipinski definition) is 0.